The Bertz CT molecular complexity index is 1230. The van der Waals surface area contributed by atoms with Crippen molar-refractivity contribution in [2.75, 3.05) is 18.2 Å². The molecule has 0 saturated heterocycles. The molecule has 1 amide bonds. The van der Waals surface area contributed by atoms with E-state index in [9.17, 15) is 24.4 Å². The Balaban J connectivity index is 1.80. The molecule has 9 nitrogen and oxygen atoms in total. The van der Waals surface area contributed by atoms with E-state index in [2.05, 4.69) is 20.0 Å². The number of hydrogen-bond acceptors (Lipinski definition) is 8. The predicted octanol–water partition coefficient (Wildman–Crippen LogP) is 1.67. The SMILES string of the molecule is COC(=O)c1ccccc1NC(=O)CSc1sc2c(=O)[nH]c(=O)[nH]c2c1C#N. The molecule has 3 aromatic rings. The molecular formula is C17H12N4O5S2. The number of aromatic nitrogens is 2. The highest BCUT2D eigenvalue weighted by Gasteiger charge is 2.18. The van der Waals surface area contributed by atoms with Crippen LogP contribution >= 0.6 is 23.1 Å². The van der Waals surface area contributed by atoms with Gasteiger partial charge in [-0.2, -0.15) is 5.26 Å². The summed E-state index contributed by atoms with van der Waals surface area (Å²) in [5, 5.41) is 12.0. The summed E-state index contributed by atoms with van der Waals surface area (Å²) < 4.78 is 5.32. The van der Waals surface area contributed by atoms with Gasteiger partial charge in [-0.05, 0) is 12.1 Å². The number of amides is 1. The number of ether oxygens (including phenoxy) is 1. The van der Waals surface area contributed by atoms with Crippen LogP contribution < -0.4 is 16.6 Å². The average molecular weight is 416 g/mol. The normalized spacial score (nSPS) is 10.4. The molecule has 28 heavy (non-hydrogen) atoms. The average Bonchev–Trinajstić information content (AvgIpc) is 3.04. The zero-order valence-electron chi connectivity index (χ0n) is 14.3. The Kier molecular flexibility index (Phi) is 5.62. The highest BCUT2D eigenvalue weighted by Crippen LogP contribution is 2.34. The van der Waals surface area contributed by atoms with Gasteiger partial charge >= 0.3 is 11.7 Å². The lowest BCUT2D eigenvalue weighted by Gasteiger charge is -2.09. The Morgan fingerprint density at radius 1 is 1.29 bits per heavy atom. The zero-order chi connectivity index (χ0) is 20.3. The lowest BCUT2D eigenvalue weighted by Crippen LogP contribution is -2.20. The molecule has 142 valence electrons. The number of aromatic amines is 2. The number of hydrogen-bond donors (Lipinski definition) is 3. The number of para-hydroxylation sites is 1. The minimum Gasteiger partial charge on any atom is -0.465 e. The van der Waals surface area contributed by atoms with E-state index >= 15 is 0 Å². The van der Waals surface area contributed by atoms with Gasteiger partial charge in [0.05, 0.1) is 33.8 Å². The van der Waals surface area contributed by atoms with Gasteiger partial charge in [0.1, 0.15) is 16.3 Å². The summed E-state index contributed by atoms with van der Waals surface area (Å²) in [5.41, 5.74) is -0.496. The van der Waals surface area contributed by atoms with E-state index in [-0.39, 0.29) is 27.1 Å². The van der Waals surface area contributed by atoms with E-state index in [1.807, 2.05) is 6.07 Å². The number of benzene rings is 1. The number of carbonyl (C=O) groups is 2. The molecule has 0 spiro atoms. The van der Waals surface area contributed by atoms with E-state index in [0.717, 1.165) is 23.1 Å². The van der Waals surface area contributed by atoms with Gasteiger partial charge in [-0.3, -0.25) is 14.6 Å². The molecule has 3 N–H and O–H groups in total. The Labute approximate surface area is 165 Å². The van der Waals surface area contributed by atoms with E-state index in [1.54, 1.807) is 18.2 Å². The van der Waals surface area contributed by atoms with Crippen LogP contribution in [-0.2, 0) is 9.53 Å². The van der Waals surface area contributed by atoms with E-state index < -0.39 is 23.1 Å². The van der Waals surface area contributed by atoms with E-state index in [0.29, 0.717) is 9.90 Å². The molecule has 0 bridgehead atoms. The van der Waals surface area contributed by atoms with Crippen LogP contribution in [0.1, 0.15) is 15.9 Å². The summed E-state index contributed by atoms with van der Waals surface area (Å²) in [6.45, 7) is 0. The number of thioether (sulfide) groups is 1. The zero-order valence-corrected chi connectivity index (χ0v) is 16.0. The van der Waals surface area contributed by atoms with Crippen LogP contribution in [0.3, 0.4) is 0 Å². The number of carbonyl (C=O) groups excluding carboxylic acids is 2. The molecule has 1 aromatic carbocycles. The molecule has 0 aliphatic heterocycles. The van der Waals surface area contributed by atoms with Crippen LogP contribution in [0.15, 0.2) is 38.1 Å². The smallest absolute Gasteiger partial charge is 0.339 e. The maximum Gasteiger partial charge on any atom is 0.339 e. The number of H-pyrrole nitrogens is 2. The van der Waals surface area contributed by atoms with Crippen LogP contribution in [0, 0.1) is 11.3 Å². The first-order chi connectivity index (χ1) is 13.4. The quantitative estimate of drug-likeness (QED) is 0.424. The number of anilines is 1. The fourth-order valence-electron chi connectivity index (χ4n) is 2.39. The summed E-state index contributed by atoms with van der Waals surface area (Å²) in [4.78, 5) is 51.9. The number of thiophene rings is 1. The van der Waals surface area contributed by atoms with E-state index in [1.165, 1.54) is 13.2 Å². The van der Waals surface area contributed by atoms with Gasteiger partial charge in [0, 0.05) is 0 Å². The first-order valence-corrected chi connectivity index (χ1v) is 9.54. The van der Waals surface area contributed by atoms with Crippen molar-refractivity contribution < 1.29 is 14.3 Å². The third-order valence-corrected chi connectivity index (χ3v) is 6.06. The molecule has 2 heterocycles. The van der Waals surface area contributed by atoms with Crippen LogP contribution in [0.4, 0.5) is 5.69 Å². The lowest BCUT2D eigenvalue weighted by molar-refractivity contribution is -0.113. The second-order valence-electron chi connectivity index (χ2n) is 5.36. The first kappa shape index (κ1) is 19.4. The van der Waals surface area contributed by atoms with Crippen molar-refractivity contribution in [2.45, 2.75) is 4.21 Å². The third kappa shape index (κ3) is 3.83. The summed E-state index contributed by atoms with van der Waals surface area (Å²) >= 11 is 2.07. The van der Waals surface area contributed by atoms with Crippen molar-refractivity contribution in [2.24, 2.45) is 0 Å². The summed E-state index contributed by atoms with van der Waals surface area (Å²) in [6, 6.07) is 8.35. The number of nitrogens with one attached hydrogen (secondary N) is 3. The lowest BCUT2D eigenvalue weighted by atomic mass is 10.2. The second-order valence-corrected chi connectivity index (χ2v) is 7.63. The molecule has 2 aromatic heterocycles. The van der Waals surface area contributed by atoms with Gasteiger partial charge in [-0.1, -0.05) is 12.1 Å². The van der Waals surface area contributed by atoms with Crippen LogP contribution in [0.2, 0.25) is 0 Å². The van der Waals surface area contributed by atoms with Crippen molar-refractivity contribution in [3.05, 3.63) is 56.2 Å². The topological polar surface area (TPSA) is 145 Å². The Morgan fingerprint density at radius 3 is 2.75 bits per heavy atom. The highest BCUT2D eigenvalue weighted by atomic mass is 32.2. The molecular weight excluding hydrogens is 404 g/mol. The highest BCUT2D eigenvalue weighted by molar-refractivity contribution is 8.02. The van der Waals surface area contributed by atoms with Crippen molar-refractivity contribution >= 4 is 50.9 Å². The summed E-state index contributed by atoms with van der Waals surface area (Å²) in [5.74, 6) is -1.06. The number of methoxy groups -OCH3 is 1. The number of nitriles is 1. The maximum absolute atomic E-state index is 12.3. The minimum absolute atomic E-state index is 0.0703. The van der Waals surface area contributed by atoms with E-state index in [4.69, 9.17) is 0 Å². The molecule has 0 atom stereocenters. The minimum atomic E-state index is -0.708. The number of fused-ring (bicyclic) bond motifs is 1. The second kappa shape index (κ2) is 8.12. The summed E-state index contributed by atoms with van der Waals surface area (Å²) in [6.07, 6.45) is 0. The monoisotopic (exact) mass is 416 g/mol. The molecule has 0 radical (unpaired) electrons. The van der Waals surface area contributed by atoms with Crippen molar-refractivity contribution in [3.8, 4) is 6.07 Å². The fraction of sp³-hybridized carbons (Fsp3) is 0.118. The molecule has 3 rings (SSSR count). The summed E-state index contributed by atoms with van der Waals surface area (Å²) in [7, 11) is 1.24. The van der Waals surface area contributed by atoms with Gasteiger partial charge in [0.2, 0.25) is 5.91 Å². The molecule has 0 aliphatic carbocycles. The van der Waals surface area contributed by atoms with Crippen molar-refractivity contribution in [3.63, 3.8) is 0 Å². The van der Waals surface area contributed by atoms with Crippen LogP contribution in [0.5, 0.6) is 0 Å². The van der Waals surface area contributed by atoms with Crippen molar-refractivity contribution in [1.82, 2.24) is 9.97 Å². The van der Waals surface area contributed by atoms with Gasteiger partial charge in [0.15, 0.2) is 0 Å². The number of rotatable bonds is 5. The molecule has 0 fully saturated rings. The molecule has 0 saturated carbocycles. The third-order valence-electron chi connectivity index (χ3n) is 3.60. The first-order valence-electron chi connectivity index (χ1n) is 7.73. The van der Waals surface area contributed by atoms with Gasteiger partial charge < -0.3 is 15.0 Å². The van der Waals surface area contributed by atoms with Gasteiger partial charge in [0.25, 0.3) is 5.56 Å². The molecule has 0 unspecified atom stereocenters. The number of nitrogens with zero attached hydrogens (tertiary/aromatic N) is 1. The fourth-order valence-corrected chi connectivity index (χ4v) is 4.52. The van der Waals surface area contributed by atoms with Crippen LogP contribution in [-0.4, -0.2) is 34.7 Å². The van der Waals surface area contributed by atoms with Gasteiger partial charge in [-0.25, -0.2) is 9.59 Å². The standard InChI is InChI=1S/C17H12N4O5S2/c1-26-15(24)8-4-2-3-5-10(8)19-11(22)7-27-16-9(6-18)12-13(28-16)14(23)21-17(25)20-12/h2-5H,7H2,1H3,(H,19,22)(H2,20,21,23,25). The van der Waals surface area contributed by atoms with Crippen LogP contribution in [0.25, 0.3) is 10.2 Å². The van der Waals surface area contributed by atoms with Gasteiger partial charge in [-0.15, -0.1) is 23.1 Å². The largest absolute Gasteiger partial charge is 0.465 e. The van der Waals surface area contributed by atoms with Crippen molar-refractivity contribution in [1.29, 1.82) is 5.26 Å². The Morgan fingerprint density at radius 2 is 2.04 bits per heavy atom. The molecule has 11 heteroatoms. The maximum atomic E-state index is 12.3. The molecule has 0 aliphatic rings. The number of esters is 1. The predicted molar refractivity (Wildman–Crippen MR) is 105 cm³/mol. The Hall–Kier alpha value is -3.36.